The van der Waals surface area contributed by atoms with E-state index in [0.29, 0.717) is 11.4 Å². The quantitative estimate of drug-likeness (QED) is 0.651. The summed E-state index contributed by atoms with van der Waals surface area (Å²) < 4.78 is 0. The molecule has 2 aromatic rings. The number of carboxylic acid groups (broad SMARTS) is 1. The van der Waals surface area contributed by atoms with Crippen LogP contribution in [0.3, 0.4) is 0 Å². The number of hydrogen-bond acceptors (Lipinski definition) is 3. The lowest BCUT2D eigenvalue weighted by molar-refractivity contribution is 0.0692. The molecule has 0 radical (unpaired) electrons. The molecule has 2 amide bonds. The fourth-order valence-electron chi connectivity index (χ4n) is 1.88. The number of aromatic carboxylic acids is 1. The highest BCUT2D eigenvalue weighted by atomic mass is 32.2. The standard InChI is InChI=1S/C14H15N3O3S/c1-8-7-10(12(15-8)13(18)19)17-14(20)16-9-5-3-4-6-11(9)21-2/h3-7,15H,1-2H3,(H,18,19)(H2,16,17,20). The van der Waals surface area contributed by atoms with Gasteiger partial charge < -0.3 is 20.7 Å². The zero-order chi connectivity index (χ0) is 15.4. The first-order valence-corrected chi connectivity index (χ1v) is 7.37. The van der Waals surface area contributed by atoms with Crippen LogP contribution in [-0.2, 0) is 0 Å². The first-order chi connectivity index (χ1) is 10.0. The highest BCUT2D eigenvalue weighted by molar-refractivity contribution is 7.98. The van der Waals surface area contributed by atoms with Gasteiger partial charge in [-0.05, 0) is 31.4 Å². The Bertz CT molecular complexity index is 682. The number of carbonyl (C=O) groups excluding carboxylic acids is 1. The average molecular weight is 305 g/mol. The maximum absolute atomic E-state index is 12.0. The predicted molar refractivity (Wildman–Crippen MR) is 83.4 cm³/mol. The van der Waals surface area contributed by atoms with Gasteiger partial charge in [-0.2, -0.15) is 0 Å². The van der Waals surface area contributed by atoms with Gasteiger partial charge in [-0.1, -0.05) is 12.1 Å². The van der Waals surface area contributed by atoms with Crippen molar-refractivity contribution in [3.05, 3.63) is 41.7 Å². The number of thioether (sulfide) groups is 1. The number of urea groups is 1. The van der Waals surface area contributed by atoms with E-state index in [1.54, 1.807) is 19.1 Å². The Kier molecular flexibility index (Phi) is 4.54. The van der Waals surface area contributed by atoms with Gasteiger partial charge in [0.25, 0.3) is 0 Å². The molecule has 0 fully saturated rings. The minimum Gasteiger partial charge on any atom is -0.477 e. The minimum absolute atomic E-state index is 0.0409. The highest BCUT2D eigenvalue weighted by Crippen LogP contribution is 2.25. The zero-order valence-corrected chi connectivity index (χ0v) is 12.4. The first kappa shape index (κ1) is 15.0. The van der Waals surface area contributed by atoms with Crippen molar-refractivity contribution in [3.8, 4) is 0 Å². The molecular formula is C14H15N3O3S. The number of rotatable bonds is 4. The number of aryl methyl sites for hydroxylation is 1. The van der Waals surface area contributed by atoms with Crippen molar-refractivity contribution < 1.29 is 14.7 Å². The van der Waals surface area contributed by atoms with E-state index < -0.39 is 12.0 Å². The van der Waals surface area contributed by atoms with E-state index in [4.69, 9.17) is 5.11 Å². The fourth-order valence-corrected chi connectivity index (χ4v) is 2.43. The Balaban J connectivity index is 2.14. The Morgan fingerprint density at radius 2 is 1.86 bits per heavy atom. The molecule has 0 spiro atoms. The molecular weight excluding hydrogens is 290 g/mol. The van der Waals surface area contributed by atoms with Gasteiger partial charge in [0.05, 0.1) is 11.4 Å². The number of carbonyl (C=O) groups is 2. The van der Waals surface area contributed by atoms with Gasteiger partial charge in [0.2, 0.25) is 0 Å². The van der Waals surface area contributed by atoms with Crippen molar-refractivity contribution in [1.29, 1.82) is 0 Å². The van der Waals surface area contributed by atoms with Crippen LogP contribution < -0.4 is 10.6 Å². The number of nitrogens with one attached hydrogen (secondary N) is 3. The van der Waals surface area contributed by atoms with Crippen molar-refractivity contribution in [1.82, 2.24) is 4.98 Å². The summed E-state index contributed by atoms with van der Waals surface area (Å²) in [5.41, 5.74) is 1.53. The van der Waals surface area contributed by atoms with Crippen LogP contribution in [0.15, 0.2) is 35.2 Å². The number of benzene rings is 1. The Hall–Kier alpha value is -2.41. The predicted octanol–water partition coefficient (Wildman–Crippen LogP) is 3.39. The van der Waals surface area contributed by atoms with Crippen LogP contribution in [0.1, 0.15) is 16.2 Å². The molecule has 0 aliphatic rings. The smallest absolute Gasteiger partial charge is 0.354 e. The fraction of sp³-hybridized carbons (Fsp3) is 0.143. The number of amides is 2. The van der Waals surface area contributed by atoms with Crippen LogP contribution in [0.2, 0.25) is 0 Å². The third-order valence-electron chi connectivity index (χ3n) is 2.77. The SMILES string of the molecule is CSc1ccccc1NC(=O)Nc1cc(C)[nH]c1C(=O)O. The molecule has 0 saturated carbocycles. The third-order valence-corrected chi connectivity index (χ3v) is 3.57. The second kappa shape index (κ2) is 6.36. The minimum atomic E-state index is -1.12. The normalized spacial score (nSPS) is 10.2. The largest absolute Gasteiger partial charge is 0.477 e. The van der Waals surface area contributed by atoms with E-state index in [0.717, 1.165) is 4.90 Å². The van der Waals surface area contributed by atoms with Gasteiger partial charge >= 0.3 is 12.0 Å². The van der Waals surface area contributed by atoms with Crippen molar-refractivity contribution in [2.75, 3.05) is 16.9 Å². The molecule has 6 nitrogen and oxygen atoms in total. The van der Waals surface area contributed by atoms with Crippen LogP contribution >= 0.6 is 11.8 Å². The summed E-state index contributed by atoms with van der Waals surface area (Å²) in [6.07, 6.45) is 1.91. The molecule has 0 aliphatic heterocycles. The summed E-state index contributed by atoms with van der Waals surface area (Å²) >= 11 is 1.51. The van der Waals surface area contributed by atoms with Gasteiger partial charge in [0, 0.05) is 10.6 Å². The van der Waals surface area contributed by atoms with E-state index in [1.807, 2.05) is 24.5 Å². The van der Waals surface area contributed by atoms with Gasteiger partial charge in [0.1, 0.15) is 5.69 Å². The molecule has 0 aliphatic carbocycles. The molecule has 1 heterocycles. The lowest BCUT2D eigenvalue weighted by Crippen LogP contribution is -2.20. The van der Waals surface area contributed by atoms with Crippen LogP contribution in [0.4, 0.5) is 16.2 Å². The van der Waals surface area contributed by atoms with Crippen molar-refractivity contribution in [2.24, 2.45) is 0 Å². The van der Waals surface area contributed by atoms with Gasteiger partial charge in [0.15, 0.2) is 0 Å². The molecule has 0 bridgehead atoms. The van der Waals surface area contributed by atoms with Crippen LogP contribution in [0.5, 0.6) is 0 Å². The third kappa shape index (κ3) is 3.57. The lowest BCUT2D eigenvalue weighted by atomic mass is 10.3. The van der Waals surface area contributed by atoms with Crippen molar-refractivity contribution in [3.63, 3.8) is 0 Å². The molecule has 7 heteroatoms. The van der Waals surface area contributed by atoms with Gasteiger partial charge in [-0.25, -0.2) is 9.59 Å². The molecule has 1 aromatic heterocycles. The second-order valence-corrected chi connectivity index (χ2v) is 5.17. The van der Waals surface area contributed by atoms with E-state index in [2.05, 4.69) is 15.6 Å². The van der Waals surface area contributed by atoms with E-state index in [1.165, 1.54) is 11.8 Å². The van der Waals surface area contributed by atoms with Crippen molar-refractivity contribution >= 4 is 35.1 Å². The second-order valence-electron chi connectivity index (χ2n) is 4.33. The van der Waals surface area contributed by atoms with E-state index in [-0.39, 0.29) is 11.4 Å². The summed E-state index contributed by atoms with van der Waals surface area (Å²) in [4.78, 5) is 26.7. The molecule has 0 unspecified atom stereocenters. The summed E-state index contributed by atoms with van der Waals surface area (Å²) in [6.45, 7) is 1.72. The molecule has 1 aromatic carbocycles. The van der Waals surface area contributed by atoms with E-state index >= 15 is 0 Å². The average Bonchev–Trinajstić information content (AvgIpc) is 2.80. The Labute approximate surface area is 125 Å². The molecule has 0 saturated heterocycles. The van der Waals surface area contributed by atoms with Crippen LogP contribution in [-0.4, -0.2) is 28.3 Å². The van der Waals surface area contributed by atoms with Crippen LogP contribution in [0, 0.1) is 6.92 Å². The molecule has 4 N–H and O–H groups in total. The molecule has 110 valence electrons. The summed E-state index contributed by atoms with van der Waals surface area (Å²) in [5, 5.41) is 14.3. The van der Waals surface area contributed by atoms with Gasteiger partial charge in [-0.3, -0.25) is 0 Å². The molecule has 0 atom stereocenters. The van der Waals surface area contributed by atoms with Gasteiger partial charge in [-0.15, -0.1) is 11.8 Å². The number of aromatic amines is 1. The molecule has 2 rings (SSSR count). The summed E-state index contributed by atoms with van der Waals surface area (Å²) in [5.74, 6) is -1.12. The number of aromatic nitrogens is 1. The maximum atomic E-state index is 12.0. The monoisotopic (exact) mass is 305 g/mol. The van der Waals surface area contributed by atoms with Crippen LogP contribution in [0.25, 0.3) is 0 Å². The van der Waals surface area contributed by atoms with E-state index in [9.17, 15) is 9.59 Å². The maximum Gasteiger partial charge on any atom is 0.354 e. The summed E-state index contributed by atoms with van der Waals surface area (Å²) in [6, 6.07) is 8.46. The number of carboxylic acids is 1. The topological polar surface area (TPSA) is 94.2 Å². The number of anilines is 2. The number of para-hydroxylation sites is 1. The number of H-pyrrole nitrogens is 1. The summed E-state index contributed by atoms with van der Waals surface area (Å²) in [7, 11) is 0. The van der Waals surface area contributed by atoms with Crippen molar-refractivity contribution in [2.45, 2.75) is 11.8 Å². The lowest BCUT2D eigenvalue weighted by Gasteiger charge is -2.10. The zero-order valence-electron chi connectivity index (χ0n) is 11.6. The number of hydrogen-bond donors (Lipinski definition) is 4. The highest BCUT2D eigenvalue weighted by Gasteiger charge is 2.15. The molecule has 21 heavy (non-hydrogen) atoms. The Morgan fingerprint density at radius 1 is 1.19 bits per heavy atom. The first-order valence-electron chi connectivity index (χ1n) is 6.15. The Morgan fingerprint density at radius 3 is 2.52 bits per heavy atom.